The van der Waals surface area contributed by atoms with Crippen molar-refractivity contribution in [1.29, 1.82) is 0 Å². The second-order valence-corrected chi connectivity index (χ2v) is 9.20. The number of hydrogen-bond donors (Lipinski definition) is 0. The molecule has 28 heavy (non-hydrogen) atoms. The molecule has 1 nitrogen and oxygen atoms in total. The molecule has 0 unspecified atom stereocenters. The Morgan fingerprint density at radius 3 is 1.86 bits per heavy atom. The van der Waals surface area contributed by atoms with Gasteiger partial charge in [-0.15, -0.1) is 0 Å². The van der Waals surface area contributed by atoms with E-state index in [4.69, 9.17) is 4.74 Å². The highest BCUT2D eigenvalue weighted by Gasteiger charge is 2.34. The molecule has 0 saturated heterocycles. The normalized spacial score (nSPS) is 31.2. The minimum Gasteiger partial charge on any atom is -0.491 e. The number of hydrogen-bond acceptors (Lipinski definition) is 1. The summed E-state index contributed by atoms with van der Waals surface area (Å²) in [5.41, 5.74) is 0.553. The molecule has 0 aromatic heterocycles. The average Bonchev–Trinajstić information content (AvgIpc) is 3.27. The zero-order chi connectivity index (χ0) is 19.5. The van der Waals surface area contributed by atoms with E-state index < -0.39 is 11.6 Å². The van der Waals surface area contributed by atoms with Crippen molar-refractivity contribution < 1.29 is 13.5 Å². The van der Waals surface area contributed by atoms with Gasteiger partial charge in [-0.1, -0.05) is 18.2 Å². The second kappa shape index (κ2) is 8.97. The molecule has 2 fully saturated rings. The summed E-state index contributed by atoms with van der Waals surface area (Å²) in [6.45, 7) is 2.13. The van der Waals surface area contributed by atoms with Gasteiger partial charge < -0.3 is 4.74 Å². The minimum atomic E-state index is -0.818. The largest absolute Gasteiger partial charge is 0.491 e. The van der Waals surface area contributed by atoms with Crippen LogP contribution in [-0.2, 0) is 0 Å². The molecule has 0 N–H and O–H groups in total. The molecule has 1 aromatic rings. The topological polar surface area (TPSA) is 9.23 Å². The van der Waals surface area contributed by atoms with Gasteiger partial charge in [0.25, 0.3) is 0 Å². The Hall–Kier alpha value is -1.38. The fraction of sp³-hybridized carbons (Fsp3) is 0.680. The van der Waals surface area contributed by atoms with Crippen LogP contribution in [-0.4, -0.2) is 6.61 Å². The summed E-state index contributed by atoms with van der Waals surface area (Å²) in [6.07, 6.45) is 17.2. The lowest BCUT2D eigenvalue weighted by atomic mass is 9.66. The highest BCUT2D eigenvalue weighted by molar-refractivity contribution is 5.33. The second-order valence-electron chi connectivity index (χ2n) is 9.20. The Morgan fingerprint density at radius 2 is 1.29 bits per heavy atom. The molecule has 3 aliphatic rings. The molecule has 0 heterocycles. The Balaban J connectivity index is 1.30. The molecule has 0 spiro atoms. The van der Waals surface area contributed by atoms with Gasteiger partial charge in [-0.3, -0.25) is 0 Å². The monoisotopic (exact) mass is 388 g/mol. The van der Waals surface area contributed by atoms with Crippen LogP contribution in [0.3, 0.4) is 0 Å². The van der Waals surface area contributed by atoms with E-state index in [-0.39, 0.29) is 11.7 Å². The molecule has 3 aliphatic carbocycles. The Bertz CT molecular complexity index is 674. The van der Waals surface area contributed by atoms with E-state index in [0.717, 1.165) is 36.5 Å². The highest BCUT2D eigenvalue weighted by Crippen LogP contribution is 2.46. The summed E-state index contributed by atoms with van der Waals surface area (Å²) in [4.78, 5) is 0. The maximum absolute atomic E-state index is 14.6. The summed E-state index contributed by atoms with van der Waals surface area (Å²) in [5, 5.41) is 0. The van der Waals surface area contributed by atoms with Crippen LogP contribution >= 0.6 is 0 Å². The molecule has 0 amide bonds. The van der Waals surface area contributed by atoms with Crippen LogP contribution in [0.1, 0.15) is 82.6 Å². The van der Waals surface area contributed by atoms with Crippen LogP contribution < -0.4 is 4.74 Å². The van der Waals surface area contributed by atoms with Crippen molar-refractivity contribution in [3.63, 3.8) is 0 Å². The SMILES string of the molecule is CCOc1ccc(C2CCC(C3CCC(C4CC=CC4)CC3)CC2)c(F)c1F. The number of benzene rings is 1. The molecule has 2 saturated carbocycles. The molecule has 0 radical (unpaired) electrons. The summed E-state index contributed by atoms with van der Waals surface area (Å²) in [5.74, 6) is 2.16. The zero-order valence-corrected chi connectivity index (χ0v) is 17.1. The maximum Gasteiger partial charge on any atom is 0.200 e. The lowest BCUT2D eigenvalue weighted by Crippen LogP contribution is -2.27. The van der Waals surface area contributed by atoms with Crippen LogP contribution in [0.2, 0.25) is 0 Å². The smallest absolute Gasteiger partial charge is 0.200 e. The van der Waals surface area contributed by atoms with Crippen molar-refractivity contribution in [2.24, 2.45) is 23.7 Å². The molecule has 3 heteroatoms. The lowest BCUT2D eigenvalue weighted by molar-refractivity contribution is 0.136. The molecule has 1 aromatic carbocycles. The molecule has 154 valence electrons. The Labute approximate surface area is 168 Å². The van der Waals surface area contributed by atoms with Gasteiger partial charge in [-0.05, 0) is 112 Å². The van der Waals surface area contributed by atoms with Crippen molar-refractivity contribution in [3.8, 4) is 5.75 Å². The third kappa shape index (κ3) is 4.14. The first kappa shape index (κ1) is 19.9. The fourth-order valence-electron chi connectivity index (χ4n) is 6.14. The molecular formula is C25H34F2O. The van der Waals surface area contributed by atoms with Crippen LogP contribution in [0.25, 0.3) is 0 Å². The van der Waals surface area contributed by atoms with Crippen molar-refractivity contribution in [3.05, 3.63) is 41.5 Å². The minimum absolute atomic E-state index is 0.0339. The quantitative estimate of drug-likeness (QED) is 0.477. The maximum atomic E-state index is 14.6. The van der Waals surface area contributed by atoms with Gasteiger partial charge in [-0.25, -0.2) is 4.39 Å². The fourth-order valence-corrected chi connectivity index (χ4v) is 6.14. The van der Waals surface area contributed by atoms with Gasteiger partial charge >= 0.3 is 0 Å². The van der Waals surface area contributed by atoms with E-state index >= 15 is 0 Å². The number of rotatable bonds is 5. The first-order chi connectivity index (χ1) is 13.7. The van der Waals surface area contributed by atoms with E-state index in [9.17, 15) is 8.78 Å². The summed E-state index contributed by atoms with van der Waals surface area (Å²) in [7, 11) is 0. The van der Waals surface area contributed by atoms with Crippen molar-refractivity contribution in [1.82, 2.24) is 0 Å². The van der Waals surface area contributed by atoms with Gasteiger partial charge in [0.2, 0.25) is 5.82 Å². The van der Waals surface area contributed by atoms with Crippen molar-refractivity contribution in [2.45, 2.75) is 77.0 Å². The Kier molecular flexibility index (Phi) is 6.38. The standard InChI is InChI=1S/C25H34F2O/c1-2-28-23-16-15-22(24(26)25(23)27)21-13-11-20(12-14-21)19-9-7-18(8-10-19)17-5-3-4-6-17/h3-4,15-21H,2,5-14H2,1H3. The third-order valence-corrected chi connectivity index (χ3v) is 7.78. The van der Waals surface area contributed by atoms with Crippen LogP contribution in [0.5, 0.6) is 5.75 Å². The van der Waals surface area contributed by atoms with E-state index in [2.05, 4.69) is 12.2 Å². The number of ether oxygens (including phenoxy) is 1. The first-order valence-corrected chi connectivity index (χ1v) is 11.4. The van der Waals surface area contributed by atoms with Crippen LogP contribution in [0.15, 0.2) is 24.3 Å². The lowest BCUT2D eigenvalue weighted by Gasteiger charge is -2.39. The zero-order valence-electron chi connectivity index (χ0n) is 17.1. The number of halogens is 2. The van der Waals surface area contributed by atoms with E-state index in [1.54, 1.807) is 19.1 Å². The average molecular weight is 389 g/mol. The summed E-state index contributed by atoms with van der Waals surface area (Å²) < 4.78 is 34.0. The molecule has 0 bridgehead atoms. The summed E-state index contributed by atoms with van der Waals surface area (Å²) in [6, 6.07) is 3.34. The van der Waals surface area contributed by atoms with E-state index in [0.29, 0.717) is 12.2 Å². The van der Waals surface area contributed by atoms with Crippen LogP contribution in [0, 0.1) is 35.3 Å². The molecule has 4 rings (SSSR count). The number of allylic oxidation sites excluding steroid dienone is 2. The van der Waals surface area contributed by atoms with Gasteiger partial charge in [0.1, 0.15) is 0 Å². The van der Waals surface area contributed by atoms with Crippen LogP contribution in [0.4, 0.5) is 8.78 Å². The third-order valence-electron chi connectivity index (χ3n) is 7.78. The van der Waals surface area contributed by atoms with Gasteiger partial charge in [0, 0.05) is 0 Å². The van der Waals surface area contributed by atoms with Crippen molar-refractivity contribution >= 4 is 0 Å². The highest BCUT2D eigenvalue weighted by atomic mass is 19.2. The van der Waals surface area contributed by atoms with E-state index in [1.165, 1.54) is 51.4 Å². The summed E-state index contributed by atoms with van der Waals surface area (Å²) >= 11 is 0. The predicted molar refractivity (Wildman–Crippen MR) is 110 cm³/mol. The van der Waals surface area contributed by atoms with Gasteiger partial charge in [-0.2, -0.15) is 4.39 Å². The molecule has 0 atom stereocenters. The van der Waals surface area contributed by atoms with Gasteiger partial charge in [0.15, 0.2) is 11.6 Å². The van der Waals surface area contributed by atoms with Crippen molar-refractivity contribution in [2.75, 3.05) is 6.61 Å². The predicted octanol–water partition coefficient (Wildman–Crippen LogP) is 7.41. The first-order valence-electron chi connectivity index (χ1n) is 11.4. The van der Waals surface area contributed by atoms with E-state index in [1.807, 2.05) is 0 Å². The van der Waals surface area contributed by atoms with Gasteiger partial charge in [0.05, 0.1) is 6.61 Å². The Morgan fingerprint density at radius 1 is 0.750 bits per heavy atom. The molecule has 0 aliphatic heterocycles. The molecular weight excluding hydrogens is 354 g/mol.